The average molecular weight is 436 g/mol. The predicted octanol–water partition coefficient (Wildman–Crippen LogP) is 5.37. The van der Waals surface area contributed by atoms with Gasteiger partial charge < -0.3 is 4.74 Å². The standard InChI is InChI=1S/C23H18F2N4OS/c1-14-21(16-9-11-18(12-10-16)30-22(24)25)28-29-20(26-27-23(29)31-14)13-17-7-4-6-15-5-2-3-8-19(15)17/h2-12,14,22H,13H2,1H3/t14-/m0/s1. The van der Waals surface area contributed by atoms with Gasteiger partial charge in [-0.1, -0.05) is 54.2 Å². The third-order valence-corrected chi connectivity index (χ3v) is 6.20. The minimum atomic E-state index is -2.84. The van der Waals surface area contributed by atoms with E-state index in [2.05, 4.69) is 39.2 Å². The maximum Gasteiger partial charge on any atom is 0.387 e. The van der Waals surface area contributed by atoms with Crippen molar-refractivity contribution in [1.29, 1.82) is 0 Å². The van der Waals surface area contributed by atoms with Gasteiger partial charge in [0.05, 0.1) is 11.0 Å². The van der Waals surface area contributed by atoms with Crippen LogP contribution in [0.3, 0.4) is 0 Å². The molecule has 1 aliphatic rings. The van der Waals surface area contributed by atoms with E-state index in [1.54, 1.807) is 28.6 Å². The van der Waals surface area contributed by atoms with Gasteiger partial charge in [0.15, 0.2) is 5.82 Å². The molecule has 0 bridgehead atoms. The van der Waals surface area contributed by atoms with Gasteiger partial charge in [-0.15, -0.1) is 10.2 Å². The summed E-state index contributed by atoms with van der Waals surface area (Å²) in [4.78, 5) is 0. The fourth-order valence-corrected chi connectivity index (χ4v) is 4.64. The van der Waals surface area contributed by atoms with Gasteiger partial charge in [0.25, 0.3) is 0 Å². The zero-order valence-corrected chi connectivity index (χ0v) is 17.4. The van der Waals surface area contributed by atoms with Gasteiger partial charge >= 0.3 is 6.61 Å². The quantitative estimate of drug-likeness (QED) is 0.422. The van der Waals surface area contributed by atoms with Crippen LogP contribution in [-0.4, -0.2) is 32.4 Å². The summed E-state index contributed by atoms with van der Waals surface area (Å²) in [6.45, 7) is -0.807. The summed E-state index contributed by atoms with van der Waals surface area (Å²) in [5, 5.41) is 16.7. The highest BCUT2D eigenvalue weighted by molar-refractivity contribution is 8.00. The molecule has 4 aromatic rings. The first kappa shape index (κ1) is 19.7. The van der Waals surface area contributed by atoms with Gasteiger partial charge in [0.2, 0.25) is 5.16 Å². The van der Waals surface area contributed by atoms with Crippen molar-refractivity contribution >= 4 is 28.2 Å². The maximum absolute atomic E-state index is 12.4. The lowest BCUT2D eigenvalue weighted by Gasteiger charge is -2.20. The molecule has 3 aromatic carbocycles. The molecule has 5 rings (SSSR count). The molecule has 1 atom stereocenters. The van der Waals surface area contributed by atoms with E-state index >= 15 is 0 Å². The van der Waals surface area contributed by atoms with Crippen LogP contribution in [0.2, 0.25) is 0 Å². The van der Waals surface area contributed by atoms with Gasteiger partial charge in [0.1, 0.15) is 5.75 Å². The number of hydrogen-bond acceptors (Lipinski definition) is 5. The number of rotatable bonds is 5. The smallest absolute Gasteiger partial charge is 0.387 e. The van der Waals surface area contributed by atoms with E-state index in [-0.39, 0.29) is 11.0 Å². The van der Waals surface area contributed by atoms with Crippen LogP contribution in [0.4, 0.5) is 8.78 Å². The first-order valence-corrected chi connectivity index (χ1v) is 10.7. The van der Waals surface area contributed by atoms with E-state index in [1.807, 2.05) is 25.1 Å². The van der Waals surface area contributed by atoms with Crippen LogP contribution in [0, 0.1) is 0 Å². The number of nitrogens with zero attached hydrogens (tertiary/aromatic N) is 4. The lowest BCUT2D eigenvalue weighted by atomic mass is 10.0. The van der Waals surface area contributed by atoms with Gasteiger partial charge in [-0.3, -0.25) is 0 Å². The number of aromatic nitrogens is 3. The molecule has 0 saturated carbocycles. The minimum Gasteiger partial charge on any atom is -0.435 e. The summed E-state index contributed by atoms with van der Waals surface area (Å²) in [5.41, 5.74) is 2.83. The van der Waals surface area contributed by atoms with Crippen LogP contribution in [0.25, 0.3) is 10.8 Å². The molecular formula is C23H18F2N4OS. The molecule has 1 aromatic heterocycles. The number of alkyl halides is 2. The molecule has 0 radical (unpaired) electrons. The highest BCUT2D eigenvalue weighted by atomic mass is 32.2. The second kappa shape index (κ2) is 8.11. The van der Waals surface area contributed by atoms with Gasteiger partial charge in [-0.2, -0.15) is 18.6 Å². The van der Waals surface area contributed by atoms with E-state index < -0.39 is 6.61 Å². The molecule has 0 fully saturated rings. The Bertz CT molecular complexity index is 1270. The third kappa shape index (κ3) is 3.90. The Hall–Kier alpha value is -3.26. The van der Waals surface area contributed by atoms with Crippen molar-refractivity contribution in [2.75, 3.05) is 0 Å². The van der Waals surface area contributed by atoms with E-state index in [0.29, 0.717) is 6.42 Å². The van der Waals surface area contributed by atoms with E-state index in [9.17, 15) is 8.78 Å². The maximum atomic E-state index is 12.4. The minimum absolute atomic E-state index is 0.0453. The molecule has 0 N–H and O–H groups in total. The number of benzene rings is 3. The van der Waals surface area contributed by atoms with Crippen LogP contribution in [0.1, 0.15) is 23.9 Å². The van der Waals surface area contributed by atoms with Crippen LogP contribution in [0.15, 0.2) is 77.0 Å². The van der Waals surface area contributed by atoms with E-state index in [4.69, 9.17) is 5.10 Å². The molecule has 156 valence electrons. The number of hydrogen-bond donors (Lipinski definition) is 0. The number of fused-ring (bicyclic) bond motifs is 2. The van der Waals surface area contributed by atoms with Crippen LogP contribution in [0.5, 0.6) is 5.75 Å². The number of thioether (sulfide) groups is 1. The molecule has 0 amide bonds. The van der Waals surface area contributed by atoms with Gasteiger partial charge in [-0.25, -0.2) is 0 Å². The Morgan fingerprint density at radius 1 is 1.00 bits per heavy atom. The molecule has 5 nitrogen and oxygen atoms in total. The zero-order valence-electron chi connectivity index (χ0n) is 16.6. The van der Waals surface area contributed by atoms with E-state index in [1.165, 1.54) is 22.9 Å². The summed E-state index contributed by atoms with van der Waals surface area (Å²) < 4.78 is 31.1. The van der Waals surface area contributed by atoms with Crippen molar-refractivity contribution in [2.24, 2.45) is 5.10 Å². The molecule has 1 aliphatic heterocycles. The molecule has 0 unspecified atom stereocenters. The Labute approximate surface area is 181 Å². The van der Waals surface area contributed by atoms with Gasteiger partial charge in [0, 0.05) is 6.42 Å². The molecule has 0 spiro atoms. The second-order valence-corrected chi connectivity index (χ2v) is 8.48. The fourth-order valence-electron chi connectivity index (χ4n) is 3.70. The van der Waals surface area contributed by atoms with Crippen molar-refractivity contribution in [3.63, 3.8) is 0 Å². The van der Waals surface area contributed by atoms with Crippen LogP contribution >= 0.6 is 11.8 Å². The van der Waals surface area contributed by atoms with Crippen molar-refractivity contribution in [3.8, 4) is 5.75 Å². The first-order valence-electron chi connectivity index (χ1n) is 9.80. The summed E-state index contributed by atoms with van der Waals surface area (Å²) in [6.07, 6.45) is 0.598. The Morgan fingerprint density at radius 3 is 2.58 bits per heavy atom. The highest BCUT2D eigenvalue weighted by Gasteiger charge is 2.26. The summed E-state index contributed by atoms with van der Waals surface area (Å²) in [6, 6.07) is 21.0. The topological polar surface area (TPSA) is 52.3 Å². The molecule has 0 aliphatic carbocycles. The first-order chi connectivity index (χ1) is 15.1. The summed E-state index contributed by atoms with van der Waals surface area (Å²) in [7, 11) is 0. The van der Waals surface area contributed by atoms with Crippen molar-refractivity contribution < 1.29 is 13.5 Å². The monoisotopic (exact) mass is 436 g/mol. The average Bonchev–Trinajstić information content (AvgIpc) is 3.15. The van der Waals surface area contributed by atoms with Crippen molar-refractivity contribution in [3.05, 3.63) is 83.7 Å². The SMILES string of the molecule is C[C@@H]1Sc2nnc(Cc3cccc4ccccc34)n2N=C1c1ccc(OC(F)F)cc1. The number of halogens is 2. The third-order valence-electron chi connectivity index (χ3n) is 5.16. The Kier molecular flexibility index (Phi) is 5.15. The summed E-state index contributed by atoms with van der Waals surface area (Å²) >= 11 is 1.57. The molecular weight excluding hydrogens is 418 g/mol. The second-order valence-electron chi connectivity index (χ2n) is 7.17. The van der Waals surface area contributed by atoms with Crippen molar-refractivity contribution in [2.45, 2.75) is 30.4 Å². The van der Waals surface area contributed by atoms with Crippen LogP contribution in [-0.2, 0) is 6.42 Å². The number of ether oxygens (including phenoxy) is 1. The Balaban J connectivity index is 1.49. The van der Waals surface area contributed by atoms with Crippen molar-refractivity contribution in [1.82, 2.24) is 14.9 Å². The fraction of sp³-hybridized carbons (Fsp3) is 0.174. The molecule has 0 saturated heterocycles. The molecule has 2 heterocycles. The largest absolute Gasteiger partial charge is 0.435 e. The predicted molar refractivity (Wildman–Crippen MR) is 117 cm³/mol. The lowest BCUT2D eigenvalue weighted by molar-refractivity contribution is -0.0498. The molecule has 31 heavy (non-hydrogen) atoms. The lowest BCUT2D eigenvalue weighted by Crippen LogP contribution is -2.22. The zero-order chi connectivity index (χ0) is 21.4. The summed E-state index contributed by atoms with van der Waals surface area (Å²) in [5.74, 6) is 0.873. The molecule has 8 heteroatoms. The highest BCUT2D eigenvalue weighted by Crippen LogP contribution is 2.31. The van der Waals surface area contributed by atoms with Gasteiger partial charge in [-0.05, 0) is 53.1 Å². The van der Waals surface area contributed by atoms with E-state index in [0.717, 1.165) is 27.8 Å². The normalized spacial score (nSPS) is 15.7. The van der Waals surface area contributed by atoms with Crippen LogP contribution < -0.4 is 4.74 Å². The Morgan fingerprint density at radius 2 is 1.77 bits per heavy atom.